The molecule has 0 heterocycles. The van der Waals surface area contributed by atoms with Crippen molar-refractivity contribution in [1.82, 2.24) is 5.32 Å². The van der Waals surface area contributed by atoms with Crippen LogP contribution in [0.25, 0.3) is 0 Å². The Morgan fingerprint density at radius 3 is 1.54 bits per heavy atom. The fourth-order valence-electron chi connectivity index (χ4n) is 6.29. The second kappa shape index (κ2) is 38.2. The third-order valence-electron chi connectivity index (χ3n) is 9.58. The summed E-state index contributed by atoms with van der Waals surface area (Å²) in [6, 6.07) is -0.984. The number of unbranched alkanes of at least 4 members (excludes halogenated alkanes) is 24. The minimum absolute atomic E-state index is 0.0482. The molecule has 0 radical (unpaired) electrons. The number of nitrogens with one attached hydrogen (secondary N) is 1. The summed E-state index contributed by atoms with van der Waals surface area (Å²) in [6.45, 7) is 3.96. The first kappa shape index (κ1) is 50.9. The van der Waals surface area contributed by atoms with Crippen molar-refractivity contribution >= 4 is 13.7 Å². The summed E-state index contributed by atoms with van der Waals surface area (Å²) in [7, 11) is -4.40. The average Bonchev–Trinajstić information content (AvgIpc) is 3.12. The van der Waals surface area contributed by atoms with Crippen LogP contribution in [0.5, 0.6) is 0 Å². The number of carbonyl (C=O) groups is 1. The van der Waals surface area contributed by atoms with Crippen LogP contribution >= 0.6 is 7.82 Å². The molecule has 10 heteroatoms. The highest BCUT2D eigenvalue weighted by atomic mass is 31.2. The number of rotatable bonds is 40. The van der Waals surface area contributed by atoms with E-state index in [1.54, 1.807) is 6.08 Å². The molecule has 0 bridgehead atoms. The average molecular weight is 759 g/mol. The van der Waals surface area contributed by atoms with Crippen molar-refractivity contribution in [3.05, 3.63) is 24.3 Å². The van der Waals surface area contributed by atoms with E-state index in [4.69, 9.17) is 14.8 Å². The van der Waals surface area contributed by atoms with Gasteiger partial charge in [-0.2, -0.15) is 0 Å². The monoisotopic (exact) mass is 759 g/mol. The maximum atomic E-state index is 12.8. The number of aliphatic hydroxyl groups excluding tert-OH is 2. The van der Waals surface area contributed by atoms with Crippen LogP contribution in [0, 0.1) is 0 Å². The van der Waals surface area contributed by atoms with Crippen LogP contribution in [0.1, 0.15) is 200 Å². The molecule has 52 heavy (non-hydrogen) atoms. The third kappa shape index (κ3) is 35.9. The Labute approximate surface area is 320 Å². The number of nitrogens with two attached hydrogens (primary N) is 1. The lowest BCUT2D eigenvalue weighted by atomic mass is 10.0. The van der Waals surface area contributed by atoms with Crippen molar-refractivity contribution in [3.8, 4) is 0 Å². The Bertz CT molecular complexity index is 888. The molecule has 0 aliphatic heterocycles. The van der Waals surface area contributed by atoms with Crippen molar-refractivity contribution in [2.45, 2.75) is 218 Å². The first-order valence-electron chi connectivity index (χ1n) is 21.5. The zero-order valence-electron chi connectivity index (χ0n) is 33.7. The summed E-state index contributed by atoms with van der Waals surface area (Å²) in [6.07, 6.45) is 39.7. The maximum Gasteiger partial charge on any atom is 0.472 e. The molecule has 0 saturated carbocycles. The molecular formula is C42H83N2O7P. The molecule has 0 spiro atoms. The number of phosphoric ester groups is 1. The van der Waals surface area contributed by atoms with Crippen LogP contribution in [0.4, 0.5) is 0 Å². The Hall–Kier alpha value is -1.06. The number of hydrogen-bond acceptors (Lipinski definition) is 7. The Morgan fingerprint density at radius 1 is 0.654 bits per heavy atom. The SMILES string of the molecule is CCCCCCCCC/C=C\CCCCCC(O)CC(=O)NC(COP(=O)(O)OCCN)C(O)/C=C/CCCCCCCCCCCCCCCC. The van der Waals surface area contributed by atoms with Gasteiger partial charge >= 0.3 is 7.82 Å². The van der Waals surface area contributed by atoms with Gasteiger partial charge in [-0.05, 0) is 44.9 Å². The van der Waals surface area contributed by atoms with Crippen LogP contribution in [-0.4, -0.2) is 59.0 Å². The highest BCUT2D eigenvalue weighted by Gasteiger charge is 2.27. The molecule has 4 atom stereocenters. The van der Waals surface area contributed by atoms with E-state index in [9.17, 15) is 24.5 Å². The summed E-state index contributed by atoms with van der Waals surface area (Å²) in [5, 5.41) is 24.0. The fraction of sp³-hybridized carbons (Fsp3) is 0.881. The van der Waals surface area contributed by atoms with Gasteiger partial charge in [-0.25, -0.2) is 4.57 Å². The molecule has 0 aromatic heterocycles. The lowest BCUT2D eigenvalue weighted by Crippen LogP contribution is -2.46. The van der Waals surface area contributed by atoms with Crippen molar-refractivity contribution in [3.63, 3.8) is 0 Å². The number of allylic oxidation sites excluding steroid dienone is 3. The number of amides is 1. The smallest absolute Gasteiger partial charge is 0.393 e. The van der Waals surface area contributed by atoms with E-state index in [-0.39, 0.29) is 19.6 Å². The van der Waals surface area contributed by atoms with Crippen molar-refractivity contribution in [2.24, 2.45) is 5.73 Å². The summed E-state index contributed by atoms with van der Waals surface area (Å²) >= 11 is 0. The second-order valence-corrected chi connectivity index (χ2v) is 16.2. The number of aliphatic hydroxyl groups is 2. The molecular weight excluding hydrogens is 675 g/mol. The normalized spacial score (nSPS) is 15.0. The molecule has 0 aromatic carbocycles. The van der Waals surface area contributed by atoms with Gasteiger partial charge in [0.1, 0.15) is 0 Å². The molecule has 1 amide bonds. The highest BCUT2D eigenvalue weighted by Crippen LogP contribution is 2.43. The number of hydrogen-bond donors (Lipinski definition) is 5. The van der Waals surface area contributed by atoms with E-state index < -0.39 is 38.6 Å². The minimum Gasteiger partial charge on any atom is -0.393 e. The minimum atomic E-state index is -4.40. The van der Waals surface area contributed by atoms with E-state index in [2.05, 4.69) is 31.3 Å². The molecule has 0 aliphatic carbocycles. The summed E-state index contributed by atoms with van der Waals surface area (Å²) in [5.74, 6) is -0.454. The van der Waals surface area contributed by atoms with Gasteiger partial charge in [-0.15, -0.1) is 0 Å². The van der Waals surface area contributed by atoms with E-state index in [1.807, 2.05) is 6.08 Å². The van der Waals surface area contributed by atoms with Gasteiger partial charge in [-0.1, -0.05) is 173 Å². The molecule has 0 saturated heterocycles. The van der Waals surface area contributed by atoms with Gasteiger partial charge < -0.3 is 26.2 Å². The van der Waals surface area contributed by atoms with Gasteiger partial charge in [-0.3, -0.25) is 13.8 Å². The molecule has 0 fully saturated rings. The van der Waals surface area contributed by atoms with Gasteiger partial charge in [0, 0.05) is 6.54 Å². The molecule has 308 valence electrons. The van der Waals surface area contributed by atoms with Crippen LogP contribution in [0.2, 0.25) is 0 Å². The van der Waals surface area contributed by atoms with Gasteiger partial charge in [0.15, 0.2) is 0 Å². The van der Waals surface area contributed by atoms with Crippen molar-refractivity contribution in [1.29, 1.82) is 0 Å². The Morgan fingerprint density at radius 2 is 1.08 bits per heavy atom. The van der Waals surface area contributed by atoms with E-state index >= 15 is 0 Å². The molecule has 6 N–H and O–H groups in total. The number of carbonyl (C=O) groups excluding carboxylic acids is 1. The highest BCUT2D eigenvalue weighted by molar-refractivity contribution is 7.47. The topological polar surface area (TPSA) is 151 Å². The van der Waals surface area contributed by atoms with E-state index in [0.29, 0.717) is 6.42 Å². The predicted molar refractivity (Wildman–Crippen MR) is 218 cm³/mol. The van der Waals surface area contributed by atoms with Crippen molar-refractivity contribution in [2.75, 3.05) is 19.8 Å². The molecule has 0 aromatic rings. The first-order chi connectivity index (χ1) is 25.3. The molecule has 0 aliphatic rings. The van der Waals surface area contributed by atoms with Crippen LogP contribution < -0.4 is 11.1 Å². The standard InChI is InChI=1S/C42H83N2O7P/c1-3-5-7-9-11-13-15-17-19-20-22-24-26-28-30-32-34-41(46)40(38-51-52(48,49)50-36-35-43)44-42(47)37-39(45)33-31-29-27-25-23-21-18-16-14-12-10-8-6-4-2/h21,23,32,34,39-41,45-46H,3-20,22,24-31,33,35-38,43H2,1-2H3,(H,44,47)(H,48,49)/b23-21-,34-32+. The quantitative estimate of drug-likeness (QED) is 0.0235. The van der Waals surface area contributed by atoms with Gasteiger partial charge in [0.25, 0.3) is 0 Å². The maximum absolute atomic E-state index is 12.8. The largest absolute Gasteiger partial charge is 0.472 e. The zero-order valence-corrected chi connectivity index (χ0v) is 34.6. The first-order valence-corrected chi connectivity index (χ1v) is 23.0. The van der Waals surface area contributed by atoms with E-state index in [1.165, 1.54) is 122 Å². The zero-order chi connectivity index (χ0) is 38.4. The lowest BCUT2D eigenvalue weighted by molar-refractivity contribution is -0.124. The van der Waals surface area contributed by atoms with Crippen molar-refractivity contribution < 1.29 is 33.5 Å². The van der Waals surface area contributed by atoms with Crippen LogP contribution in [-0.2, 0) is 18.4 Å². The van der Waals surface area contributed by atoms with Crippen LogP contribution in [0.15, 0.2) is 24.3 Å². The Balaban J connectivity index is 4.37. The third-order valence-corrected chi connectivity index (χ3v) is 10.6. The molecule has 9 nitrogen and oxygen atoms in total. The Kier molecular flexibility index (Phi) is 37.4. The van der Waals surface area contributed by atoms with E-state index in [0.717, 1.165) is 51.4 Å². The predicted octanol–water partition coefficient (Wildman–Crippen LogP) is 10.8. The summed E-state index contributed by atoms with van der Waals surface area (Å²) in [4.78, 5) is 22.7. The van der Waals surface area contributed by atoms with Gasteiger partial charge in [0.2, 0.25) is 5.91 Å². The van der Waals surface area contributed by atoms with Crippen LogP contribution in [0.3, 0.4) is 0 Å². The second-order valence-electron chi connectivity index (χ2n) is 14.7. The summed E-state index contributed by atoms with van der Waals surface area (Å²) in [5.41, 5.74) is 5.36. The molecule has 0 rings (SSSR count). The summed E-state index contributed by atoms with van der Waals surface area (Å²) < 4.78 is 22.1. The fourth-order valence-corrected chi connectivity index (χ4v) is 7.05. The number of phosphoric acid groups is 1. The molecule has 4 unspecified atom stereocenters. The lowest BCUT2D eigenvalue weighted by Gasteiger charge is -2.24. The van der Waals surface area contributed by atoms with Gasteiger partial charge in [0.05, 0.1) is 37.9 Å².